The number of methoxy groups -OCH3 is 1. The molecule has 2 aliphatic heterocycles. The molecule has 130 valence electrons. The van der Waals surface area contributed by atoms with Crippen LogP contribution < -0.4 is 5.32 Å². The van der Waals surface area contributed by atoms with Crippen LogP contribution in [0.2, 0.25) is 0 Å². The van der Waals surface area contributed by atoms with Crippen LogP contribution in [-0.4, -0.2) is 81.4 Å². The fourth-order valence-electron chi connectivity index (χ4n) is 3.09. The number of hydrogen-bond donors (Lipinski definition) is 1. The monoisotopic (exact) mass is 345 g/mol. The Labute approximate surface area is 134 Å². The van der Waals surface area contributed by atoms with E-state index in [0.29, 0.717) is 32.7 Å². The van der Waals surface area contributed by atoms with E-state index in [2.05, 4.69) is 5.32 Å². The van der Waals surface area contributed by atoms with E-state index in [1.54, 1.807) is 12.0 Å². The number of halogens is 4. The fraction of sp³-hybridized carbons (Fsp3) is 0.923. The molecule has 0 aromatic heterocycles. The summed E-state index contributed by atoms with van der Waals surface area (Å²) in [5, 5.41) is 3.17. The number of carbonyl (C=O) groups is 1. The van der Waals surface area contributed by atoms with Crippen molar-refractivity contribution in [3.8, 4) is 0 Å². The molecule has 0 aliphatic carbocycles. The van der Waals surface area contributed by atoms with Crippen LogP contribution >= 0.6 is 12.4 Å². The molecule has 9 heteroatoms. The van der Waals surface area contributed by atoms with Gasteiger partial charge in [-0.2, -0.15) is 13.2 Å². The first kappa shape index (κ1) is 19.5. The number of rotatable bonds is 4. The molecule has 0 bridgehead atoms. The zero-order valence-electron chi connectivity index (χ0n) is 12.6. The van der Waals surface area contributed by atoms with Crippen LogP contribution in [0.3, 0.4) is 0 Å². The second-order valence-corrected chi connectivity index (χ2v) is 5.82. The Kier molecular flexibility index (Phi) is 6.91. The molecule has 5 nitrogen and oxygen atoms in total. The number of amides is 1. The van der Waals surface area contributed by atoms with E-state index >= 15 is 0 Å². The molecule has 0 radical (unpaired) electrons. The van der Waals surface area contributed by atoms with Gasteiger partial charge in [-0.15, -0.1) is 12.4 Å². The van der Waals surface area contributed by atoms with E-state index < -0.39 is 18.1 Å². The summed E-state index contributed by atoms with van der Waals surface area (Å²) >= 11 is 0. The highest BCUT2D eigenvalue weighted by atomic mass is 35.5. The third-order valence-electron chi connectivity index (χ3n) is 4.18. The Bertz CT molecular complexity index is 368. The summed E-state index contributed by atoms with van der Waals surface area (Å²) in [6.45, 7) is 2.01. The van der Waals surface area contributed by atoms with E-state index in [4.69, 9.17) is 4.74 Å². The van der Waals surface area contributed by atoms with Gasteiger partial charge in [0, 0.05) is 39.8 Å². The van der Waals surface area contributed by atoms with Crippen LogP contribution in [0.15, 0.2) is 0 Å². The molecule has 0 spiro atoms. The summed E-state index contributed by atoms with van der Waals surface area (Å²) in [7, 11) is 1.56. The maximum Gasteiger partial charge on any atom is 0.401 e. The number of ether oxygens (including phenoxy) is 1. The average Bonchev–Trinajstić information content (AvgIpc) is 2.87. The summed E-state index contributed by atoms with van der Waals surface area (Å²) in [5.74, 6) is 0.000934. The third-order valence-corrected chi connectivity index (χ3v) is 4.18. The van der Waals surface area contributed by atoms with Gasteiger partial charge in [-0.05, 0) is 13.0 Å². The Morgan fingerprint density at radius 3 is 2.36 bits per heavy atom. The van der Waals surface area contributed by atoms with Crippen molar-refractivity contribution in [1.29, 1.82) is 0 Å². The van der Waals surface area contributed by atoms with Crippen LogP contribution in [0.5, 0.6) is 0 Å². The summed E-state index contributed by atoms with van der Waals surface area (Å²) in [6.07, 6.45) is -3.47. The van der Waals surface area contributed by atoms with Crippen molar-refractivity contribution in [1.82, 2.24) is 15.1 Å². The zero-order valence-corrected chi connectivity index (χ0v) is 13.4. The molecule has 0 saturated carbocycles. The largest absolute Gasteiger partial charge is 0.401 e. The number of nitrogens with one attached hydrogen (secondary N) is 1. The fourth-order valence-corrected chi connectivity index (χ4v) is 3.09. The molecule has 0 aromatic carbocycles. The second-order valence-electron chi connectivity index (χ2n) is 5.82. The SMILES string of the molecule is COCC1(C(=O)N2CCN(CC(F)(F)F)CC2)CCNC1.Cl. The molecule has 1 amide bonds. The molecule has 2 aliphatic rings. The zero-order chi connectivity index (χ0) is 15.5. The summed E-state index contributed by atoms with van der Waals surface area (Å²) in [4.78, 5) is 15.7. The molecule has 1 atom stereocenters. The maximum absolute atomic E-state index is 12.7. The van der Waals surface area contributed by atoms with Gasteiger partial charge in [0.1, 0.15) is 0 Å². The van der Waals surface area contributed by atoms with Crippen molar-refractivity contribution in [3.05, 3.63) is 0 Å². The molecule has 22 heavy (non-hydrogen) atoms. The molecule has 2 fully saturated rings. The lowest BCUT2D eigenvalue weighted by Gasteiger charge is -2.39. The van der Waals surface area contributed by atoms with Crippen LogP contribution in [0.1, 0.15) is 6.42 Å². The highest BCUT2D eigenvalue weighted by molar-refractivity contribution is 5.85. The van der Waals surface area contributed by atoms with Gasteiger partial charge in [-0.1, -0.05) is 0 Å². The maximum atomic E-state index is 12.7. The van der Waals surface area contributed by atoms with Gasteiger partial charge >= 0.3 is 6.18 Å². The standard InChI is InChI=1S/C13H22F3N3O2.ClH/c1-21-10-12(2-3-17-8-12)11(20)19-6-4-18(5-7-19)9-13(14,15)16;/h17H,2-10H2,1H3;1H. The van der Waals surface area contributed by atoms with E-state index in [-0.39, 0.29) is 31.4 Å². The van der Waals surface area contributed by atoms with Gasteiger partial charge in [0.2, 0.25) is 5.91 Å². The third kappa shape index (κ3) is 4.71. The van der Waals surface area contributed by atoms with Crippen molar-refractivity contribution in [2.45, 2.75) is 12.6 Å². The Hall–Kier alpha value is -0.570. The molecule has 2 heterocycles. The first-order chi connectivity index (χ1) is 9.86. The van der Waals surface area contributed by atoms with Gasteiger partial charge in [0.15, 0.2) is 0 Å². The quantitative estimate of drug-likeness (QED) is 0.816. The van der Waals surface area contributed by atoms with Crippen LogP contribution in [0, 0.1) is 5.41 Å². The first-order valence-electron chi connectivity index (χ1n) is 7.14. The Morgan fingerprint density at radius 2 is 1.91 bits per heavy atom. The van der Waals surface area contributed by atoms with Crippen molar-refractivity contribution < 1.29 is 22.7 Å². The first-order valence-corrected chi connectivity index (χ1v) is 7.14. The van der Waals surface area contributed by atoms with E-state index in [9.17, 15) is 18.0 Å². The lowest BCUT2D eigenvalue weighted by atomic mass is 9.86. The van der Waals surface area contributed by atoms with Crippen molar-refractivity contribution >= 4 is 18.3 Å². The molecule has 0 aromatic rings. The number of alkyl halides is 3. The average molecular weight is 346 g/mol. The lowest BCUT2D eigenvalue weighted by Crippen LogP contribution is -2.56. The highest BCUT2D eigenvalue weighted by Gasteiger charge is 2.44. The molecular weight excluding hydrogens is 323 g/mol. The lowest BCUT2D eigenvalue weighted by molar-refractivity contribution is -0.155. The minimum absolute atomic E-state index is 0. The molecule has 1 N–H and O–H groups in total. The summed E-state index contributed by atoms with van der Waals surface area (Å²) in [6, 6.07) is 0. The predicted octanol–water partition coefficient (Wildman–Crippen LogP) is 0.741. The highest BCUT2D eigenvalue weighted by Crippen LogP contribution is 2.29. The smallest absolute Gasteiger partial charge is 0.384 e. The van der Waals surface area contributed by atoms with Gasteiger partial charge in [-0.3, -0.25) is 9.69 Å². The van der Waals surface area contributed by atoms with Gasteiger partial charge in [-0.25, -0.2) is 0 Å². The molecule has 2 rings (SSSR count). The van der Waals surface area contributed by atoms with E-state index in [1.807, 2.05) is 0 Å². The summed E-state index contributed by atoms with van der Waals surface area (Å²) < 4.78 is 42.2. The number of piperazine rings is 1. The Balaban J connectivity index is 0.00000242. The molecular formula is C13H23ClF3N3O2. The predicted molar refractivity (Wildman–Crippen MR) is 78.1 cm³/mol. The van der Waals surface area contributed by atoms with Crippen LogP contribution in [0.4, 0.5) is 13.2 Å². The number of nitrogens with zero attached hydrogens (tertiary/aromatic N) is 2. The Morgan fingerprint density at radius 1 is 1.27 bits per heavy atom. The van der Waals surface area contributed by atoms with Crippen LogP contribution in [-0.2, 0) is 9.53 Å². The summed E-state index contributed by atoms with van der Waals surface area (Å²) in [5.41, 5.74) is -0.555. The van der Waals surface area contributed by atoms with E-state index in [0.717, 1.165) is 6.54 Å². The van der Waals surface area contributed by atoms with Gasteiger partial charge in [0.05, 0.1) is 18.6 Å². The van der Waals surface area contributed by atoms with Gasteiger partial charge < -0.3 is 15.0 Å². The van der Waals surface area contributed by atoms with Gasteiger partial charge in [0.25, 0.3) is 0 Å². The molecule has 1 unspecified atom stereocenters. The van der Waals surface area contributed by atoms with E-state index in [1.165, 1.54) is 4.90 Å². The molecule has 2 saturated heterocycles. The topological polar surface area (TPSA) is 44.8 Å². The van der Waals surface area contributed by atoms with Crippen LogP contribution in [0.25, 0.3) is 0 Å². The number of carbonyl (C=O) groups excluding carboxylic acids is 1. The van der Waals surface area contributed by atoms with Crippen molar-refractivity contribution in [2.24, 2.45) is 5.41 Å². The minimum Gasteiger partial charge on any atom is -0.384 e. The number of hydrogen-bond acceptors (Lipinski definition) is 4. The van der Waals surface area contributed by atoms with Crippen molar-refractivity contribution in [3.63, 3.8) is 0 Å². The van der Waals surface area contributed by atoms with Crippen molar-refractivity contribution in [2.75, 3.05) is 59.5 Å². The normalized spacial score (nSPS) is 26.8. The second kappa shape index (κ2) is 7.81. The minimum atomic E-state index is -4.18.